The molecule has 0 atom stereocenters. The molecule has 0 radical (unpaired) electrons. The van der Waals surface area contributed by atoms with Crippen molar-refractivity contribution in [1.82, 2.24) is 9.13 Å². The van der Waals surface area contributed by atoms with Gasteiger partial charge < -0.3 is 9.13 Å². The van der Waals surface area contributed by atoms with Gasteiger partial charge in [0.1, 0.15) is 0 Å². The highest BCUT2D eigenvalue weighted by Gasteiger charge is 2.40. The van der Waals surface area contributed by atoms with Gasteiger partial charge >= 0.3 is 37.1 Å². The van der Waals surface area contributed by atoms with Gasteiger partial charge in [-0.25, -0.2) is 4.85 Å². The van der Waals surface area contributed by atoms with E-state index in [1.54, 1.807) is 0 Å². The lowest BCUT2D eigenvalue weighted by Gasteiger charge is -2.22. The van der Waals surface area contributed by atoms with Crippen LogP contribution in [0.25, 0.3) is 71.0 Å². The van der Waals surface area contributed by atoms with E-state index in [1.165, 1.54) is 0 Å². The molecule has 0 saturated carbocycles. The minimum atomic E-state index is -5.64. The molecule has 0 unspecified atom stereocenters. The fourth-order valence-electron chi connectivity index (χ4n) is 7.68. The quantitative estimate of drug-likeness (QED) is 0.124. The first kappa shape index (κ1) is 43.8. The average molecular weight is 918 g/mol. The van der Waals surface area contributed by atoms with Gasteiger partial charge in [-0.15, -0.1) is 0 Å². The topological polar surface area (TPSA) is 14.2 Å². The molecule has 0 aliphatic carbocycles. The van der Waals surface area contributed by atoms with Crippen LogP contribution in [0.2, 0.25) is 0 Å². The van der Waals surface area contributed by atoms with Gasteiger partial charge in [0.2, 0.25) is 0 Å². The molecule has 8 aromatic rings. The van der Waals surface area contributed by atoms with Crippen molar-refractivity contribution in [3.05, 3.63) is 148 Å². The SMILES string of the molecule is [C-]#[N+]c1cc(-n2c3cc(C(F)(F)F)ccc3c3ccc(C(F)(F)F)cc32)c(-n2c3cc(C(F)(F)F)ccc3c3ccc(C(F)(F)F)cc32)cc1-c1ccc(C(F)(F)F)cc1C(F)(F)F. The summed E-state index contributed by atoms with van der Waals surface area (Å²) in [5.41, 5.74) is -16.7. The van der Waals surface area contributed by atoms with E-state index >= 15 is 0 Å². The van der Waals surface area contributed by atoms with E-state index < -0.39 is 121 Å². The molecule has 0 aliphatic heterocycles. The van der Waals surface area contributed by atoms with Gasteiger partial charge in [0.05, 0.1) is 73.4 Å². The Kier molecular flexibility index (Phi) is 9.63. The molecule has 8 rings (SSSR count). The molecule has 0 bridgehead atoms. The van der Waals surface area contributed by atoms with Crippen molar-refractivity contribution < 1.29 is 79.0 Å². The van der Waals surface area contributed by atoms with Gasteiger partial charge in [-0.1, -0.05) is 30.3 Å². The molecule has 3 nitrogen and oxygen atoms in total. The summed E-state index contributed by atoms with van der Waals surface area (Å²) in [7, 11) is 0. The van der Waals surface area contributed by atoms with Crippen LogP contribution in [0.15, 0.2) is 103 Å². The molecule has 0 N–H and O–H groups in total. The monoisotopic (exact) mass is 917 g/mol. The third-order valence-corrected chi connectivity index (χ3v) is 10.5. The highest BCUT2D eigenvalue weighted by Crippen LogP contribution is 2.49. The van der Waals surface area contributed by atoms with E-state index in [0.29, 0.717) is 75.9 Å². The van der Waals surface area contributed by atoms with Crippen molar-refractivity contribution in [2.24, 2.45) is 0 Å². The van der Waals surface area contributed by atoms with Gasteiger partial charge in [-0.2, -0.15) is 79.0 Å². The number of hydrogen-bond acceptors (Lipinski definition) is 0. The number of nitrogens with zero attached hydrogens (tertiary/aromatic N) is 3. The molecule has 0 fully saturated rings. The normalized spacial score (nSPS) is 13.5. The molecule has 0 spiro atoms. The van der Waals surface area contributed by atoms with E-state index in [-0.39, 0.29) is 33.7 Å². The van der Waals surface area contributed by atoms with Crippen LogP contribution < -0.4 is 0 Å². The fourth-order valence-corrected chi connectivity index (χ4v) is 7.68. The van der Waals surface area contributed by atoms with Crippen molar-refractivity contribution >= 4 is 49.3 Å². The van der Waals surface area contributed by atoms with Gasteiger partial charge in [0.25, 0.3) is 0 Å². The molecule has 2 heterocycles. The number of hydrogen-bond donors (Lipinski definition) is 0. The van der Waals surface area contributed by atoms with Crippen LogP contribution in [0.3, 0.4) is 0 Å². The fraction of sp³-hybridized carbons (Fsp3) is 0.140. The molecule has 6 aromatic carbocycles. The number of halogens is 18. The standard InChI is InChI=1S/C43H17F18N3/c1-62-31-18-37(64-34-15-22(41(53,54)55)5-10-27(34)28-11-6-23(16-35(28)64)42(56,57)58)36(17-29(31)24-7-2-19(38(44,45)46)12-30(24)43(59,60)61)63-32-13-20(39(47,48)49)3-8-25(32)26-9-4-21(14-33(26)63)40(50,51)52/h2-18H. The predicted molar refractivity (Wildman–Crippen MR) is 197 cm³/mol. The highest BCUT2D eigenvalue weighted by molar-refractivity contribution is 6.12. The molecule has 0 aliphatic rings. The number of rotatable bonds is 3. The maximum atomic E-state index is 14.7. The Morgan fingerprint density at radius 1 is 0.328 bits per heavy atom. The minimum absolute atomic E-state index is 0.196. The summed E-state index contributed by atoms with van der Waals surface area (Å²) >= 11 is 0. The summed E-state index contributed by atoms with van der Waals surface area (Å²) in [6, 6.07) is 8.72. The zero-order valence-electron chi connectivity index (χ0n) is 31.0. The highest BCUT2D eigenvalue weighted by atomic mass is 19.4. The first-order valence-electron chi connectivity index (χ1n) is 17.8. The van der Waals surface area contributed by atoms with Crippen LogP contribution in [0, 0.1) is 6.57 Å². The Labute approximate surface area is 344 Å². The second-order valence-electron chi connectivity index (χ2n) is 14.3. The lowest BCUT2D eigenvalue weighted by Crippen LogP contribution is -2.12. The molecule has 21 heteroatoms. The Morgan fingerprint density at radius 3 is 0.922 bits per heavy atom. The van der Waals surface area contributed by atoms with E-state index in [4.69, 9.17) is 6.57 Å². The van der Waals surface area contributed by atoms with Crippen LogP contribution in [-0.4, -0.2) is 9.13 Å². The molecule has 0 saturated heterocycles. The molecular formula is C43H17F18N3. The maximum Gasteiger partial charge on any atom is 0.416 e. The van der Waals surface area contributed by atoms with Gasteiger partial charge in [0, 0.05) is 21.5 Å². The number of fused-ring (bicyclic) bond motifs is 6. The summed E-state index contributed by atoms with van der Waals surface area (Å²) in [4.78, 5) is 3.21. The Bertz CT molecular complexity index is 3110. The van der Waals surface area contributed by atoms with Crippen molar-refractivity contribution in [2.45, 2.75) is 37.1 Å². The number of benzene rings is 6. The molecular weight excluding hydrogens is 900 g/mol. The van der Waals surface area contributed by atoms with Crippen LogP contribution in [0.4, 0.5) is 84.7 Å². The van der Waals surface area contributed by atoms with Crippen molar-refractivity contribution in [2.75, 3.05) is 0 Å². The summed E-state index contributed by atoms with van der Waals surface area (Å²) in [5.74, 6) is 0. The first-order valence-corrected chi connectivity index (χ1v) is 17.8. The van der Waals surface area contributed by atoms with Crippen molar-refractivity contribution in [3.8, 4) is 22.5 Å². The number of alkyl halides is 18. The van der Waals surface area contributed by atoms with E-state index in [0.717, 1.165) is 24.3 Å². The summed E-state index contributed by atoms with van der Waals surface area (Å²) in [6.07, 6.45) is -31.7. The average Bonchev–Trinajstić information content (AvgIpc) is 3.69. The smallest absolute Gasteiger partial charge is 0.308 e. The van der Waals surface area contributed by atoms with Gasteiger partial charge in [-0.3, -0.25) is 0 Å². The van der Waals surface area contributed by atoms with Crippen LogP contribution >= 0.6 is 0 Å². The lowest BCUT2D eigenvalue weighted by atomic mass is 9.94. The molecule has 2 aromatic heterocycles. The van der Waals surface area contributed by atoms with Crippen molar-refractivity contribution in [1.29, 1.82) is 0 Å². The van der Waals surface area contributed by atoms with Crippen molar-refractivity contribution in [3.63, 3.8) is 0 Å². The zero-order valence-corrected chi connectivity index (χ0v) is 31.0. The maximum absolute atomic E-state index is 14.7. The molecule has 64 heavy (non-hydrogen) atoms. The van der Waals surface area contributed by atoms with Gasteiger partial charge in [0.15, 0.2) is 5.69 Å². The Balaban J connectivity index is 1.65. The lowest BCUT2D eigenvalue weighted by molar-refractivity contribution is -0.143. The first-order chi connectivity index (χ1) is 29.5. The molecule has 330 valence electrons. The third-order valence-electron chi connectivity index (χ3n) is 10.5. The Morgan fingerprint density at radius 2 is 0.625 bits per heavy atom. The van der Waals surface area contributed by atoms with Crippen LogP contribution in [-0.2, 0) is 37.1 Å². The Hall–Kier alpha value is -6.85. The van der Waals surface area contributed by atoms with E-state index in [2.05, 4.69) is 4.85 Å². The molecule has 0 amide bonds. The van der Waals surface area contributed by atoms with E-state index in [1.807, 2.05) is 0 Å². The third kappa shape index (κ3) is 7.37. The second-order valence-corrected chi connectivity index (χ2v) is 14.3. The summed E-state index contributed by atoms with van der Waals surface area (Å²) in [6.45, 7) is 7.98. The van der Waals surface area contributed by atoms with E-state index in [9.17, 15) is 79.0 Å². The van der Waals surface area contributed by atoms with Crippen LogP contribution in [0.5, 0.6) is 0 Å². The number of aromatic nitrogens is 2. The minimum Gasteiger partial charge on any atom is -0.308 e. The van der Waals surface area contributed by atoms with Gasteiger partial charge in [-0.05, 0) is 83.9 Å². The summed E-state index contributed by atoms with van der Waals surface area (Å²) in [5, 5.41) is -0.909. The predicted octanol–water partition coefficient (Wildman–Crippen LogP) is 16.2. The zero-order chi connectivity index (χ0) is 46.9. The largest absolute Gasteiger partial charge is 0.416 e. The summed E-state index contributed by atoms with van der Waals surface area (Å²) < 4.78 is 259. The second kappa shape index (κ2) is 14.1. The van der Waals surface area contributed by atoms with Crippen LogP contribution in [0.1, 0.15) is 33.4 Å².